The van der Waals surface area contributed by atoms with Gasteiger partial charge in [-0.2, -0.15) is 0 Å². The first kappa shape index (κ1) is 32.8. The molecule has 0 saturated heterocycles. The predicted molar refractivity (Wildman–Crippen MR) is 232 cm³/mol. The number of benzene rings is 8. The number of nitrogens with zero attached hydrogens (tertiary/aromatic N) is 4. The lowest BCUT2D eigenvalue weighted by Crippen LogP contribution is -2.04. The van der Waals surface area contributed by atoms with Crippen LogP contribution in [0, 0.1) is 0 Å². The van der Waals surface area contributed by atoms with Crippen LogP contribution in [0.2, 0.25) is 0 Å². The van der Waals surface area contributed by atoms with Gasteiger partial charge in [0.15, 0.2) is 17.5 Å². The van der Waals surface area contributed by atoms with E-state index in [1.165, 1.54) is 21.9 Å². The van der Waals surface area contributed by atoms with E-state index in [2.05, 4.69) is 126 Å². The number of fused-ring (bicyclic) bond motifs is 6. The van der Waals surface area contributed by atoms with Gasteiger partial charge in [-0.1, -0.05) is 158 Å². The molecule has 11 aromatic rings. The number of para-hydroxylation sites is 2. The Morgan fingerprint density at radius 3 is 1.72 bits per heavy atom. The first-order chi connectivity index (χ1) is 28.2. The molecule has 5 heteroatoms. The number of aromatic nitrogens is 4. The van der Waals surface area contributed by atoms with Crippen LogP contribution >= 0.6 is 0 Å². The fourth-order valence-corrected chi connectivity index (χ4v) is 8.23. The molecule has 3 aromatic heterocycles. The average molecular weight is 731 g/mol. The summed E-state index contributed by atoms with van der Waals surface area (Å²) in [5.74, 6) is 1.90. The van der Waals surface area contributed by atoms with Gasteiger partial charge in [-0.25, -0.2) is 15.0 Å². The minimum Gasteiger partial charge on any atom is -0.456 e. The topological polar surface area (TPSA) is 56.7 Å². The third kappa shape index (κ3) is 5.76. The van der Waals surface area contributed by atoms with Crippen molar-refractivity contribution in [3.8, 4) is 51.0 Å². The molecule has 8 aromatic carbocycles. The number of furan rings is 1. The van der Waals surface area contributed by atoms with Crippen LogP contribution in [0.1, 0.15) is 11.1 Å². The van der Waals surface area contributed by atoms with Gasteiger partial charge in [0.2, 0.25) is 0 Å². The molecule has 5 nitrogen and oxygen atoms in total. The summed E-state index contributed by atoms with van der Waals surface area (Å²) in [6.07, 6.45) is 0.764. The Bertz CT molecular complexity index is 3200. The van der Waals surface area contributed by atoms with Crippen molar-refractivity contribution < 1.29 is 4.42 Å². The Kier molecular flexibility index (Phi) is 7.81. The van der Waals surface area contributed by atoms with Gasteiger partial charge in [0.05, 0.1) is 16.7 Å². The first-order valence-electron chi connectivity index (χ1n) is 19.2. The van der Waals surface area contributed by atoms with Crippen LogP contribution in [0.3, 0.4) is 0 Å². The second kappa shape index (κ2) is 13.6. The van der Waals surface area contributed by atoms with Crippen LogP contribution in [-0.4, -0.2) is 19.5 Å². The molecule has 0 aliphatic rings. The molecule has 0 unspecified atom stereocenters. The largest absolute Gasteiger partial charge is 0.456 e. The minimum atomic E-state index is 0.624. The van der Waals surface area contributed by atoms with Crippen molar-refractivity contribution in [2.75, 3.05) is 0 Å². The highest BCUT2D eigenvalue weighted by Crippen LogP contribution is 2.41. The van der Waals surface area contributed by atoms with E-state index in [0.717, 1.165) is 72.9 Å². The molecule has 268 valence electrons. The zero-order valence-electron chi connectivity index (χ0n) is 30.9. The Morgan fingerprint density at radius 2 is 0.982 bits per heavy atom. The van der Waals surface area contributed by atoms with Gasteiger partial charge in [0, 0.05) is 38.2 Å². The van der Waals surface area contributed by atoms with Crippen molar-refractivity contribution >= 4 is 43.7 Å². The number of hydrogen-bond donors (Lipinski definition) is 0. The second-order valence-corrected chi connectivity index (χ2v) is 14.4. The van der Waals surface area contributed by atoms with Gasteiger partial charge < -0.3 is 8.98 Å². The fraction of sp³-hybridized carbons (Fsp3) is 0.0192. The smallest absolute Gasteiger partial charge is 0.164 e. The van der Waals surface area contributed by atoms with Crippen LogP contribution < -0.4 is 0 Å². The SMILES string of the molecule is c1ccc(Cc2ccc(-c3nc(-c4ccccc4)nc(-c4ccccc4)n3)cc2-n2c3ccccc3c3cc(-c4cccc5oc6ccccc6c45)ccc32)cc1. The molecule has 0 atom stereocenters. The van der Waals surface area contributed by atoms with Gasteiger partial charge in [0.1, 0.15) is 11.2 Å². The molecule has 57 heavy (non-hydrogen) atoms. The van der Waals surface area contributed by atoms with E-state index in [9.17, 15) is 0 Å². The van der Waals surface area contributed by atoms with Crippen molar-refractivity contribution in [1.82, 2.24) is 19.5 Å². The van der Waals surface area contributed by atoms with Gasteiger partial charge in [-0.05, 0) is 65.1 Å². The Balaban J connectivity index is 1.14. The molecule has 0 amide bonds. The van der Waals surface area contributed by atoms with E-state index in [1.54, 1.807) is 0 Å². The number of hydrogen-bond acceptors (Lipinski definition) is 4. The third-order valence-corrected chi connectivity index (χ3v) is 10.9. The zero-order valence-corrected chi connectivity index (χ0v) is 30.9. The van der Waals surface area contributed by atoms with E-state index >= 15 is 0 Å². The normalized spacial score (nSPS) is 11.6. The summed E-state index contributed by atoms with van der Waals surface area (Å²) in [4.78, 5) is 15.2. The van der Waals surface area contributed by atoms with Gasteiger partial charge in [0.25, 0.3) is 0 Å². The highest BCUT2D eigenvalue weighted by molar-refractivity contribution is 6.15. The van der Waals surface area contributed by atoms with Crippen LogP contribution in [0.15, 0.2) is 199 Å². The van der Waals surface area contributed by atoms with Gasteiger partial charge in [-0.3, -0.25) is 0 Å². The Labute approximate surface area is 329 Å². The summed E-state index contributed by atoms with van der Waals surface area (Å²) in [5.41, 5.74) is 12.7. The van der Waals surface area contributed by atoms with Crippen LogP contribution in [0.4, 0.5) is 0 Å². The number of rotatable bonds is 7. The van der Waals surface area contributed by atoms with Crippen molar-refractivity contribution in [2.24, 2.45) is 0 Å². The summed E-state index contributed by atoms with van der Waals surface area (Å²) in [5, 5.41) is 4.63. The molecule has 3 heterocycles. The van der Waals surface area contributed by atoms with E-state index in [4.69, 9.17) is 19.4 Å². The fourth-order valence-electron chi connectivity index (χ4n) is 8.23. The zero-order chi connectivity index (χ0) is 37.7. The summed E-state index contributed by atoms with van der Waals surface area (Å²) in [7, 11) is 0. The van der Waals surface area contributed by atoms with E-state index in [-0.39, 0.29) is 0 Å². The Hall–Kier alpha value is -7.63. The molecule has 0 aliphatic heterocycles. The quantitative estimate of drug-likeness (QED) is 0.164. The molecule has 11 rings (SSSR count). The molecular weight excluding hydrogens is 697 g/mol. The van der Waals surface area contributed by atoms with Crippen LogP contribution in [0.5, 0.6) is 0 Å². The molecule has 0 bridgehead atoms. The highest BCUT2D eigenvalue weighted by Gasteiger charge is 2.20. The van der Waals surface area contributed by atoms with Crippen LogP contribution in [-0.2, 0) is 6.42 Å². The van der Waals surface area contributed by atoms with Crippen molar-refractivity contribution in [3.63, 3.8) is 0 Å². The molecule has 0 saturated carbocycles. The third-order valence-electron chi connectivity index (χ3n) is 10.9. The van der Waals surface area contributed by atoms with E-state index in [0.29, 0.717) is 17.5 Å². The predicted octanol–water partition coefficient (Wildman–Crippen LogP) is 13.1. The molecule has 0 fully saturated rings. The monoisotopic (exact) mass is 730 g/mol. The maximum absolute atomic E-state index is 6.29. The molecule has 0 N–H and O–H groups in total. The standard InChI is InChI=1S/C52H34N4O/c1-4-15-34(16-5-1)31-38-27-28-39(52-54-50(35-17-6-2-7-18-35)53-51(55-52)36-19-8-3-9-20-36)33-46(38)56-44-24-12-10-21-41(44)43-32-37(29-30-45(43)56)40-23-14-26-48-49(40)42-22-11-13-25-47(42)57-48/h1-30,32-33H,31H2. The average Bonchev–Trinajstić information content (AvgIpc) is 3.83. The van der Waals surface area contributed by atoms with Crippen LogP contribution in [0.25, 0.3) is 94.7 Å². The van der Waals surface area contributed by atoms with Gasteiger partial charge in [-0.15, -0.1) is 0 Å². The maximum atomic E-state index is 6.29. The molecular formula is C52H34N4O. The molecule has 0 aliphatic carbocycles. The summed E-state index contributed by atoms with van der Waals surface area (Å²) in [6, 6.07) is 67.8. The Morgan fingerprint density at radius 1 is 0.404 bits per heavy atom. The highest BCUT2D eigenvalue weighted by atomic mass is 16.3. The maximum Gasteiger partial charge on any atom is 0.164 e. The minimum absolute atomic E-state index is 0.624. The molecule has 0 radical (unpaired) electrons. The lowest BCUT2D eigenvalue weighted by Gasteiger charge is -2.16. The lowest BCUT2D eigenvalue weighted by atomic mass is 9.98. The van der Waals surface area contributed by atoms with Crippen molar-refractivity contribution in [2.45, 2.75) is 6.42 Å². The second-order valence-electron chi connectivity index (χ2n) is 14.4. The van der Waals surface area contributed by atoms with Gasteiger partial charge >= 0.3 is 0 Å². The summed E-state index contributed by atoms with van der Waals surface area (Å²) in [6.45, 7) is 0. The first-order valence-corrected chi connectivity index (χ1v) is 19.2. The summed E-state index contributed by atoms with van der Waals surface area (Å²) >= 11 is 0. The van der Waals surface area contributed by atoms with Crippen molar-refractivity contribution in [1.29, 1.82) is 0 Å². The summed E-state index contributed by atoms with van der Waals surface area (Å²) < 4.78 is 8.71. The van der Waals surface area contributed by atoms with Crippen molar-refractivity contribution in [3.05, 3.63) is 205 Å². The lowest BCUT2D eigenvalue weighted by molar-refractivity contribution is 0.669. The van der Waals surface area contributed by atoms with E-state index in [1.807, 2.05) is 72.8 Å². The van der Waals surface area contributed by atoms with E-state index < -0.39 is 0 Å². The molecule has 0 spiro atoms.